The van der Waals surface area contributed by atoms with Gasteiger partial charge < -0.3 is 14.7 Å². The van der Waals surface area contributed by atoms with Crippen molar-refractivity contribution in [3.63, 3.8) is 0 Å². The Morgan fingerprint density at radius 2 is 2.26 bits per heavy atom. The molecule has 1 aliphatic heterocycles. The summed E-state index contributed by atoms with van der Waals surface area (Å²) in [5.41, 5.74) is 3.03. The van der Waals surface area contributed by atoms with E-state index in [-0.39, 0.29) is 6.10 Å². The van der Waals surface area contributed by atoms with E-state index < -0.39 is 0 Å². The third-order valence-corrected chi connectivity index (χ3v) is 3.83. The first-order valence-corrected chi connectivity index (χ1v) is 6.95. The maximum Gasteiger partial charge on any atom is 0.120 e. The molecule has 0 bridgehead atoms. The Labute approximate surface area is 113 Å². The van der Waals surface area contributed by atoms with Crippen LogP contribution < -0.4 is 4.74 Å². The second-order valence-corrected chi connectivity index (χ2v) is 5.17. The number of aryl methyl sites for hydroxylation is 1. The molecule has 1 aliphatic carbocycles. The van der Waals surface area contributed by atoms with Crippen LogP contribution >= 0.6 is 0 Å². The molecule has 0 saturated carbocycles. The number of benzene rings is 1. The Kier molecular flexibility index (Phi) is 3.69. The molecule has 0 aromatic heterocycles. The Bertz CT molecular complexity index is 478. The molecule has 1 heterocycles. The molecule has 3 rings (SSSR count). The van der Waals surface area contributed by atoms with Crippen LogP contribution in [0.15, 0.2) is 23.4 Å². The normalized spacial score (nSPS) is 24.4. The van der Waals surface area contributed by atoms with Crippen LogP contribution in [0.25, 0.3) is 0 Å². The van der Waals surface area contributed by atoms with Gasteiger partial charge in [-0.3, -0.25) is 0 Å². The second kappa shape index (κ2) is 5.61. The van der Waals surface area contributed by atoms with Crippen LogP contribution in [-0.2, 0) is 11.2 Å². The number of ether oxygens (including phenoxy) is 2. The van der Waals surface area contributed by atoms with Gasteiger partial charge in [0.15, 0.2) is 0 Å². The number of fused-ring (bicyclic) bond motifs is 1. The SMILES string of the molecule is O/N=C1/CCCc2ccc(OCC3CCCO3)cc21. The molecule has 1 unspecified atom stereocenters. The zero-order valence-electron chi connectivity index (χ0n) is 11.0. The average molecular weight is 261 g/mol. The van der Waals surface area contributed by atoms with E-state index in [4.69, 9.17) is 14.7 Å². The Balaban J connectivity index is 1.72. The highest BCUT2D eigenvalue weighted by atomic mass is 16.5. The van der Waals surface area contributed by atoms with E-state index in [1.54, 1.807) is 0 Å². The molecule has 1 fully saturated rings. The van der Waals surface area contributed by atoms with E-state index in [9.17, 15) is 0 Å². The first kappa shape index (κ1) is 12.5. The fourth-order valence-corrected chi connectivity index (χ4v) is 2.78. The van der Waals surface area contributed by atoms with Crippen molar-refractivity contribution in [2.45, 2.75) is 38.2 Å². The predicted molar refractivity (Wildman–Crippen MR) is 72.2 cm³/mol. The summed E-state index contributed by atoms with van der Waals surface area (Å²) in [6.45, 7) is 1.45. The number of hydrogen-bond donors (Lipinski definition) is 1. The van der Waals surface area contributed by atoms with E-state index >= 15 is 0 Å². The summed E-state index contributed by atoms with van der Waals surface area (Å²) < 4.78 is 11.3. The molecule has 4 nitrogen and oxygen atoms in total. The predicted octanol–water partition coefficient (Wildman–Crippen LogP) is 2.76. The lowest BCUT2D eigenvalue weighted by molar-refractivity contribution is 0.0679. The lowest BCUT2D eigenvalue weighted by Gasteiger charge is -2.18. The highest BCUT2D eigenvalue weighted by Gasteiger charge is 2.18. The lowest BCUT2D eigenvalue weighted by atomic mass is 9.90. The molecule has 2 aliphatic rings. The van der Waals surface area contributed by atoms with Crippen LogP contribution in [0.4, 0.5) is 0 Å². The number of hydrogen-bond acceptors (Lipinski definition) is 4. The Morgan fingerprint density at radius 3 is 3.05 bits per heavy atom. The number of oxime groups is 1. The summed E-state index contributed by atoms with van der Waals surface area (Å²) in [5.74, 6) is 0.831. The molecule has 4 heteroatoms. The van der Waals surface area contributed by atoms with Crippen molar-refractivity contribution in [3.05, 3.63) is 29.3 Å². The summed E-state index contributed by atoms with van der Waals surface area (Å²) in [6, 6.07) is 6.05. The standard InChI is InChI=1S/C15H19NO3/c17-16-15-5-1-3-11-6-7-12(9-14(11)15)19-10-13-4-2-8-18-13/h6-7,9,13,17H,1-5,8,10H2/b16-15-. The van der Waals surface area contributed by atoms with E-state index in [0.717, 1.165) is 55.7 Å². The Hall–Kier alpha value is -1.55. The highest BCUT2D eigenvalue weighted by Crippen LogP contribution is 2.26. The quantitative estimate of drug-likeness (QED) is 0.672. The summed E-state index contributed by atoms with van der Waals surface area (Å²) in [6.07, 6.45) is 5.34. The molecular formula is C15H19NO3. The van der Waals surface area contributed by atoms with Crippen LogP contribution in [0, 0.1) is 0 Å². The number of nitrogens with zero attached hydrogens (tertiary/aromatic N) is 1. The largest absolute Gasteiger partial charge is 0.491 e. The van der Waals surface area contributed by atoms with Crippen molar-refractivity contribution in [2.75, 3.05) is 13.2 Å². The average Bonchev–Trinajstić information content (AvgIpc) is 2.97. The summed E-state index contributed by atoms with van der Waals surface area (Å²) in [5, 5.41) is 12.5. The molecule has 1 aromatic carbocycles. The van der Waals surface area contributed by atoms with Gasteiger partial charge >= 0.3 is 0 Å². The minimum atomic E-state index is 0.224. The zero-order chi connectivity index (χ0) is 13.1. The van der Waals surface area contributed by atoms with Crippen molar-refractivity contribution < 1.29 is 14.7 Å². The molecule has 1 atom stereocenters. The van der Waals surface area contributed by atoms with Crippen molar-refractivity contribution in [2.24, 2.45) is 5.16 Å². The van der Waals surface area contributed by atoms with Crippen LogP contribution in [0.5, 0.6) is 5.75 Å². The maximum absolute atomic E-state index is 9.06. The zero-order valence-corrected chi connectivity index (χ0v) is 11.0. The third kappa shape index (κ3) is 2.73. The topological polar surface area (TPSA) is 51.1 Å². The van der Waals surface area contributed by atoms with Crippen molar-refractivity contribution in [1.82, 2.24) is 0 Å². The fraction of sp³-hybridized carbons (Fsp3) is 0.533. The van der Waals surface area contributed by atoms with Gasteiger partial charge in [-0.2, -0.15) is 0 Å². The van der Waals surface area contributed by atoms with Gasteiger partial charge in [0.25, 0.3) is 0 Å². The molecule has 0 radical (unpaired) electrons. The van der Waals surface area contributed by atoms with Crippen molar-refractivity contribution >= 4 is 5.71 Å². The van der Waals surface area contributed by atoms with Crippen LogP contribution in [0.3, 0.4) is 0 Å². The fourth-order valence-electron chi connectivity index (χ4n) is 2.78. The van der Waals surface area contributed by atoms with Gasteiger partial charge in [0.05, 0.1) is 11.8 Å². The molecular weight excluding hydrogens is 242 g/mol. The monoisotopic (exact) mass is 261 g/mol. The molecule has 102 valence electrons. The van der Waals surface area contributed by atoms with Gasteiger partial charge in [-0.15, -0.1) is 0 Å². The van der Waals surface area contributed by atoms with Gasteiger partial charge in [0.2, 0.25) is 0 Å². The summed E-state index contributed by atoms with van der Waals surface area (Å²) in [7, 11) is 0. The molecule has 1 aromatic rings. The summed E-state index contributed by atoms with van der Waals surface area (Å²) in [4.78, 5) is 0. The van der Waals surface area contributed by atoms with Gasteiger partial charge in [0.1, 0.15) is 12.4 Å². The third-order valence-electron chi connectivity index (χ3n) is 3.83. The van der Waals surface area contributed by atoms with Gasteiger partial charge in [-0.25, -0.2) is 0 Å². The molecule has 1 saturated heterocycles. The van der Waals surface area contributed by atoms with Crippen LogP contribution in [0.1, 0.15) is 36.8 Å². The van der Waals surface area contributed by atoms with E-state index in [1.807, 2.05) is 12.1 Å². The molecule has 1 N–H and O–H groups in total. The van der Waals surface area contributed by atoms with E-state index in [1.165, 1.54) is 5.56 Å². The van der Waals surface area contributed by atoms with Gasteiger partial charge in [-0.1, -0.05) is 11.2 Å². The highest BCUT2D eigenvalue weighted by molar-refractivity contribution is 6.02. The molecule has 19 heavy (non-hydrogen) atoms. The van der Waals surface area contributed by atoms with Crippen molar-refractivity contribution in [3.8, 4) is 5.75 Å². The van der Waals surface area contributed by atoms with Gasteiger partial charge in [0, 0.05) is 12.2 Å². The van der Waals surface area contributed by atoms with E-state index in [2.05, 4.69) is 11.2 Å². The minimum Gasteiger partial charge on any atom is -0.491 e. The first-order valence-electron chi connectivity index (χ1n) is 6.95. The van der Waals surface area contributed by atoms with Crippen LogP contribution in [-0.4, -0.2) is 30.2 Å². The van der Waals surface area contributed by atoms with Crippen LogP contribution in [0.2, 0.25) is 0 Å². The maximum atomic E-state index is 9.06. The van der Waals surface area contributed by atoms with Gasteiger partial charge in [-0.05, 0) is 49.8 Å². The lowest BCUT2D eigenvalue weighted by Crippen LogP contribution is -2.17. The minimum absolute atomic E-state index is 0.224. The smallest absolute Gasteiger partial charge is 0.120 e. The first-order chi connectivity index (χ1) is 9.36. The molecule has 0 amide bonds. The Morgan fingerprint density at radius 1 is 1.32 bits per heavy atom. The number of rotatable bonds is 3. The molecule has 0 spiro atoms. The van der Waals surface area contributed by atoms with E-state index in [0.29, 0.717) is 6.61 Å². The second-order valence-electron chi connectivity index (χ2n) is 5.17. The van der Waals surface area contributed by atoms with Crippen molar-refractivity contribution in [1.29, 1.82) is 0 Å². The summed E-state index contributed by atoms with van der Waals surface area (Å²) >= 11 is 0.